The molecule has 0 aromatic heterocycles. The summed E-state index contributed by atoms with van der Waals surface area (Å²) < 4.78 is 11.3. The highest BCUT2D eigenvalue weighted by molar-refractivity contribution is 6.24. The summed E-state index contributed by atoms with van der Waals surface area (Å²) >= 11 is 0. The van der Waals surface area contributed by atoms with Crippen molar-refractivity contribution in [1.29, 1.82) is 0 Å². The molecule has 4 atom stereocenters. The number of anilines is 1. The fourth-order valence-corrected chi connectivity index (χ4v) is 6.01. The number of aromatic hydroxyl groups is 1. The fraction of sp³-hybridized carbons (Fsp3) is 0.267. The van der Waals surface area contributed by atoms with Gasteiger partial charge >= 0.3 is 5.97 Å². The number of ketones is 1. The number of hydrogen-bond donors (Lipinski definition) is 3. The number of benzene rings is 3. The predicted octanol–water partition coefficient (Wildman–Crippen LogP) is 2.88. The fourth-order valence-electron chi connectivity index (χ4n) is 6.01. The average molecular weight is 543 g/mol. The lowest BCUT2D eigenvalue weighted by Gasteiger charge is -2.31. The van der Waals surface area contributed by atoms with Crippen molar-refractivity contribution in [1.82, 2.24) is 5.32 Å². The highest BCUT2D eigenvalue weighted by atomic mass is 16.6. The second kappa shape index (κ2) is 9.49. The molecule has 0 aliphatic carbocycles. The summed E-state index contributed by atoms with van der Waals surface area (Å²) in [4.78, 5) is 53.9. The molecule has 2 amide bonds. The minimum Gasteiger partial charge on any atom is -0.508 e. The van der Waals surface area contributed by atoms with Crippen molar-refractivity contribution in [2.45, 2.75) is 24.9 Å². The van der Waals surface area contributed by atoms with Crippen molar-refractivity contribution in [3.63, 3.8) is 0 Å². The molecule has 10 nitrogen and oxygen atoms in total. The van der Waals surface area contributed by atoms with Crippen LogP contribution >= 0.6 is 0 Å². The Hall–Kier alpha value is -4.70. The number of Topliss-reactive ketones (excluding diaryl/α,β-unsaturated/α-hetero) is 1. The van der Waals surface area contributed by atoms with Crippen LogP contribution in [0.1, 0.15) is 34.5 Å². The van der Waals surface area contributed by atoms with Gasteiger partial charge in [0, 0.05) is 18.0 Å². The lowest BCUT2D eigenvalue weighted by Crippen LogP contribution is -2.57. The molecule has 3 aromatic carbocycles. The van der Waals surface area contributed by atoms with Crippen LogP contribution in [0.4, 0.5) is 5.69 Å². The third-order valence-corrected chi connectivity index (χ3v) is 7.91. The van der Waals surface area contributed by atoms with E-state index in [0.717, 1.165) is 4.90 Å². The standard InChI is InChI=1S/C30H26N2O8/c1-16(33)18-4-7-20(8-5-18)32-27(35)24-25(28(32)36)30(29(37)38,15-17-2-9-21(34)10-3-17)31-26(24)19-6-11-22-23(14-19)40-13-12-39-22/h2-11,14,24-26,31,34H,12-13,15H2,1H3,(H,37,38). The first-order valence-electron chi connectivity index (χ1n) is 12.9. The van der Waals surface area contributed by atoms with Crippen molar-refractivity contribution in [2.24, 2.45) is 11.8 Å². The Kier molecular flexibility index (Phi) is 6.07. The highest BCUT2D eigenvalue weighted by Crippen LogP contribution is 2.51. The molecular formula is C30H26N2O8. The van der Waals surface area contributed by atoms with Gasteiger partial charge in [0.05, 0.1) is 17.5 Å². The van der Waals surface area contributed by atoms with E-state index < -0.39 is 41.2 Å². The number of amides is 2. The maximum Gasteiger partial charge on any atom is 0.325 e. The van der Waals surface area contributed by atoms with E-state index in [4.69, 9.17) is 9.47 Å². The summed E-state index contributed by atoms with van der Waals surface area (Å²) in [6.45, 7) is 2.17. The van der Waals surface area contributed by atoms with Crippen LogP contribution in [0.5, 0.6) is 17.2 Å². The van der Waals surface area contributed by atoms with E-state index in [0.29, 0.717) is 41.4 Å². The van der Waals surface area contributed by atoms with Gasteiger partial charge in [0.25, 0.3) is 0 Å². The van der Waals surface area contributed by atoms with Crippen molar-refractivity contribution < 1.29 is 38.9 Å². The zero-order valence-electron chi connectivity index (χ0n) is 21.5. The van der Waals surface area contributed by atoms with Gasteiger partial charge in [-0.3, -0.25) is 24.5 Å². The van der Waals surface area contributed by atoms with Crippen LogP contribution in [0.25, 0.3) is 0 Å². The van der Waals surface area contributed by atoms with Gasteiger partial charge in [0.1, 0.15) is 24.5 Å². The van der Waals surface area contributed by atoms with Gasteiger partial charge in [-0.2, -0.15) is 0 Å². The summed E-state index contributed by atoms with van der Waals surface area (Å²) in [6.07, 6.45) is -0.110. The first-order valence-corrected chi connectivity index (χ1v) is 12.9. The zero-order chi connectivity index (χ0) is 28.2. The molecule has 0 radical (unpaired) electrons. The van der Waals surface area contributed by atoms with Crippen LogP contribution < -0.4 is 19.7 Å². The summed E-state index contributed by atoms with van der Waals surface area (Å²) in [5.41, 5.74) is 0.00697. The minimum atomic E-state index is -1.83. The normalized spacial score (nSPS) is 25.1. The van der Waals surface area contributed by atoms with E-state index in [9.17, 15) is 29.4 Å². The Labute approximate surface area is 229 Å². The number of imide groups is 1. The van der Waals surface area contributed by atoms with Crippen LogP contribution in [0.15, 0.2) is 66.7 Å². The number of carbonyl (C=O) groups is 4. The number of ether oxygens (including phenoxy) is 2. The molecule has 10 heteroatoms. The van der Waals surface area contributed by atoms with E-state index in [1.54, 1.807) is 30.3 Å². The Morgan fingerprint density at radius 3 is 2.27 bits per heavy atom. The van der Waals surface area contributed by atoms with Crippen LogP contribution in [-0.4, -0.2) is 52.5 Å². The summed E-state index contributed by atoms with van der Waals surface area (Å²) in [5, 5.41) is 23.6. The van der Waals surface area contributed by atoms with Gasteiger partial charge in [-0.1, -0.05) is 18.2 Å². The molecule has 0 bridgehead atoms. The minimum absolute atomic E-state index is 0.0202. The maximum absolute atomic E-state index is 14.0. The van der Waals surface area contributed by atoms with Crippen LogP contribution in [0, 0.1) is 11.8 Å². The van der Waals surface area contributed by atoms with E-state index in [1.165, 1.54) is 43.3 Å². The molecule has 3 heterocycles. The van der Waals surface area contributed by atoms with Gasteiger partial charge in [-0.05, 0) is 66.6 Å². The monoisotopic (exact) mass is 542 g/mol. The number of hydrogen-bond acceptors (Lipinski definition) is 8. The van der Waals surface area contributed by atoms with Crippen molar-refractivity contribution in [3.8, 4) is 17.2 Å². The number of fused-ring (bicyclic) bond motifs is 2. The molecule has 3 N–H and O–H groups in total. The summed E-state index contributed by atoms with van der Waals surface area (Å²) in [5.74, 6) is -3.85. The Morgan fingerprint density at radius 1 is 0.950 bits per heavy atom. The number of nitrogens with one attached hydrogen (secondary N) is 1. The number of carboxylic acid groups (broad SMARTS) is 1. The molecule has 2 saturated heterocycles. The molecule has 3 aromatic rings. The molecular weight excluding hydrogens is 516 g/mol. The Morgan fingerprint density at radius 2 is 1.62 bits per heavy atom. The van der Waals surface area contributed by atoms with E-state index in [1.807, 2.05) is 0 Å². The molecule has 4 unspecified atom stereocenters. The van der Waals surface area contributed by atoms with E-state index in [2.05, 4.69) is 5.32 Å². The third kappa shape index (κ3) is 3.99. The predicted molar refractivity (Wildman–Crippen MR) is 141 cm³/mol. The SMILES string of the molecule is CC(=O)c1ccc(N2C(=O)C3C(c4ccc5c(c4)OCCO5)NC(Cc4ccc(O)cc4)(C(=O)O)C3C2=O)cc1. The summed E-state index contributed by atoms with van der Waals surface area (Å²) in [7, 11) is 0. The molecule has 0 spiro atoms. The summed E-state index contributed by atoms with van der Waals surface area (Å²) in [6, 6.07) is 16.5. The van der Waals surface area contributed by atoms with Crippen LogP contribution in [0.3, 0.4) is 0 Å². The molecule has 0 saturated carbocycles. The topological polar surface area (TPSA) is 142 Å². The van der Waals surface area contributed by atoms with Gasteiger partial charge in [-0.25, -0.2) is 4.90 Å². The molecule has 2 fully saturated rings. The number of nitrogens with zero attached hydrogens (tertiary/aromatic N) is 1. The van der Waals surface area contributed by atoms with Crippen molar-refractivity contribution in [2.75, 3.05) is 18.1 Å². The smallest absolute Gasteiger partial charge is 0.325 e. The quantitative estimate of drug-likeness (QED) is 0.317. The Bertz CT molecular complexity index is 1530. The third-order valence-electron chi connectivity index (χ3n) is 7.91. The number of rotatable bonds is 6. The lowest BCUT2D eigenvalue weighted by atomic mass is 9.76. The lowest BCUT2D eigenvalue weighted by molar-refractivity contribution is -0.148. The molecule has 3 aliphatic rings. The highest BCUT2D eigenvalue weighted by Gasteiger charge is 2.68. The number of phenolic OH excluding ortho intramolecular Hbond substituents is 1. The van der Waals surface area contributed by atoms with Crippen LogP contribution in [-0.2, 0) is 20.8 Å². The Balaban J connectivity index is 1.47. The first kappa shape index (κ1) is 25.6. The zero-order valence-corrected chi connectivity index (χ0v) is 21.5. The van der Waals surface area contributed by atoms with E-state index >= 15 is 0 Å². The molecule has 40 heavy (non-hydrogen) atoms. The second-order valence-corrected chi connectivity index (χ2v) is 10.3. The maximum atomic E-state index is 14.0. The first-order chi connectivity index (χ1) is 19.2. The number of carboxylic acids is 1. The van der Waals surface area contributed by atoms with Crippen LogP contribution in [0.2, 0.25) is 0 Å². The van der Waals surface area contributed by atoms with Gasteiger partial charge in [-0.15, -0.1) is 0 Å². The number of carbonyl (C=O) groups excluding carboxylic acids is 3. The van der Waals surface area contributed by atoms with E-state index in [-0.39, 0.29) is 23.6 Å². The van der Waals surface area contributed by atoms with Gasteiger partial charge in [0.15, 0.2) is 17.3 Å². The van der Waals surface area contributed by atoms with Gasteiger partial charge < -0.3 is 19.7 Å². The second-order valence-electron chi connectivity index (χ2n) is 10.3. The molecule has 204 valence electrons. The average Bonchev–Trinajstić information content (AvgIpc) is 3.43. The molecule has 6 rings (SSSR count). The van der Waals surface area contributed by atoms with Crippen molar-refractivity contribution in [3.05, 3.63) is 83.4 Å². The van der Waals surface area contributed by atoms with Gasteiger partial charge in [0.2, 0.25) is 11.8 Å². The van der Waals surface area contributed by atoms with Crippen molar-refractivity contribution >= 4 is 29.3 Å². The largest absolute Gasteiger partial charge is 0.508 e. The number of aliphatic carboxylic acids is 1. The molecule has 3 aliphatic heterocycles. The number of phenols is 1.